The molecule has 0 aromatic rings. The Morgan fingerprint density at radius 1 is 1.00 bits per heavy atom. The molecule has 1 heterocycles. The maximum absolute atomic E-state index is 3.67. The van der Waals surface area contributed by atoms with Crippen LogP contribution in [0.3, 0.4) is 0 Å². The van der Waals surface area contributed by atoms with Crippen LogP contribution in [0, 0.1) is 11.3 Å². The summed E-state index contributed by atoms with van der Waals surface area (Å²) in [6, 6.07) is 0.755. The highest BCUT2D eigenvalue weighted by molar-refractivity contribution is 4.87. The Labute approximate surface area is 127 Å². The summed E-state index contributed by atoms with van der Waals surface area (Å²) in [5.41, 5.74) is 0.651. The van der Waals surface area contributed by atoms with E-state index in [2.05, 4.69) is 44.8 Å². The minimum atomic E-state index is 0.651. The van der Waals surface area contributed by atoms with Gasteiger partial charge in [0.05, 0.1) is 0 Å². The van der Waals surface area contributed by atoms with Crippen LogP contribution < -0.4 is 5.32 Å². The van der Waals surface area contributed by atoms with Gasteiger partial charge in [-0.05, 0) is 50.2 Å². The van der Waals surface area contributed by atoms with E-state index in [-0.39, 0.29) is 0 Å². The molecule has 0 amide bonds. The lowest BCUT2D eigenvalue weighted by atomic mass is 9.74. The van der Waals surface area contributed by atoms with Crippen LogP contribution in [0.4, 0.5) is 0 Å². The molecule has 2 nitrogen and oxygen atoms in total. The summed E-state index contributed by atoms with van der Waals surface area (Å²) in [5.74, 6) is 0.756. The Morgan fingerprint density at radius 3 is 2.05 bits per heavy atom. The van der Waals surface area contributed by atoms with Gasteiger partial charge in [-0.25, -0.2) is 0 Å². The van der Waals surface area contributed by atoms with Crippen molar-refractivity contribution in [3.05, 3.63) is 0 Å². The first-order valence-corrected chi connectivity index (χ1v) is 9.01. The van der Waals surface area contributed by atoms with Crippen molar-refractivity contribution in [1.82, 2.24) is 10.2 Å². The first-order valence-electron chi connectivity index (χ1n) is 9.01. The molecular weight excluding hydrogens is 244 g/mol. The van der Waals surface area contributed by atoms with E-state index in [1.807, 2.05) is 0 Å². The van der Waals surface area contributed by atoms with Gasteiger partial charge < -0.3 is 5.32 Å². The predicted octanol–water partition coefficient (Wildman–Crippen LogP) is 4.30. The first kappa shape index (κ1) is 18.0. The van der Waals surface area contributed by atoms with Gasteiger partial charge >= 0.3 is 0 Å². The van der Waals surface area contributed by atoms with Gasteiger partial charge in [-0.15, -0.1) is 0 Å². The lowest BCUT2D eigenvalue weighted by Crippen LogP contribution is -2.49. The average molecular weight is 283 g/mol. The van der Waals surface area contributed by atoms with Crippen LogP contribution in [0.15, 0.2) is 0 Å². The third-order valence-corrected chi connectivity index (χ3v) is 5.43. The summed E-state index contributed by atoms with van der Waals surface area (Å²) < 4.78 is 0. The number of piperidine rings is 1. The van der Waals surface area contributed by atoms with Gasteiger partial charge in [0, 0.05) is 12.6 Å². The van der Waals surface area contributed by atoms with Crippen LogP contribution in [0.1, 0.15) is 73.1 Å². The Kier molecular flexibility index (Phi) is 8.13. The van der Waals surface area contributed by atoms with Gasteiger partial charge in [0.25, 0.3) is 0 Å². The molecule has 1 atom stereocenters. The van der Waals surface area contributed by atoms with Crippen molar-refractivity contribution in [1.29, 1.82) is 0 Å². The molecule has 1 N–H and O–H groups in total. The monoisotopic (exact) mass is 282 g/mol. The zero-order chi connectivity index (χ0) is 15.0. The number of likely N-dealkylation sites (tertiary alicyclic amines) is 1. The molecule has 0 aromatic heterocycles. The summed E-state index contributed by atoms with van der Waals surface area (Å²) >= 11 is 0. The van der Waals surface area contributed by atoms with Crippen molar-refractivity contribution in [2.45, 2.75) is 79.2 Å². The van der Waals surface area contributed by atoms with Gasteiger partial charge in [-0.1, -0.05) is 53.9 Å². The van der Waals surface area contributed by atoms with Crippen molar-refractivity contribution in [2.24, 2.45) is 11.3 Å². The minimum Gasteiger partial charge on any atom is -0.315 e. The van der Waals surface area contributed by atoms with Crippen LogP contribution in [0.5, 0.6) is 0 Å². The molecule has 1 rings (SSSR count). The zero-order valence-corrected chi connectivity index (χ0v) is 14.7. The van der Waals surface area contributed by atoms with Crippen molar-refractivity contribution in [3.8, 4) is 0 Å². The highest BCUT2D eigenvalue weighted by atomic mass is 15.2. The minimum absolute atomic E-state index is 0.651. The van der Waals surface area contributed by atoms with Gasteiger partial charge in [0.1, 0.15) is 0 Å². The van der Waals surface area contributed by atoms with E-state index in [4.69, 9.17) is 0 Å². The summed E-state index contributed by atoms with van der Waals surface area (Å²) in [4.78, 5) is 2.76. The highest BCUT2D eigenvalue weighted by Crippen LogP contribution is 2.38. The molecule has 0 bridgehead atoms. The third-order valence-electron chi connectivity index (χ3n) is 5.43. The highest BCUT2D eigenvalue weighted by Gasteiger charge is 2.33. The molecule has 1 fully saturated rings. The second-order valence-corrected chi connectivity index (χ2v) is 7.24. The van der Waals surface area contributed by atoms with E-state index in [1.54, 1.807) is 0 Å². The van der Waals surface area contributed by atoms with Crippen LogP contribution >= 0.6 is 0 Å². The van der Waals surface area contributed by atoms with Crippen molar-refractivity contribution < 1.29 is 0 Å². The predicted molar refractivity (Wildman–Crippen MR) is 90.2 cm³/mol. The summed E-state index contributed by atoms with van der Waals surface area (Å²) in [6.45, 7) is 16.6. The Hall–Kier alpha value is -0.0800. The summed E-state index contributed by atoms with van der Waals surface area (Å²) in [5, 5.41) is 3.67. The quantitative estimate of drug-likeness (QED) is 0.678. The lowest BCUT2D eigenvalue weighted by Gasteiger charge is -2.44. The van der Waals surface area contributed by atoms with Crippen molar-refractivity contribution >= 4 is 0 Å². The zero-order valence-electron chi connectivity index (χ0n) is 14.7. The molecule has 0 aliphatic carbocycles. The number of nitrogens with zero attached hydrogens (tertiary/aromatic N) is 1. The number of hydrogen-bond donors (Lipinski definition) is 1. The molecular formula is C18H38N2. The van der Waals surface area contributed by atoms with E-state index < -0.39 is 0 Å². The molecule has 2 heteroatoms. The van der Waals surface area contributed by atoms with Gasteiger partial charge in [0.15, 0.2) is 0 Å². The van der Waals surface area contributed by atoms with Crippen LogP contribution in [0.25, 0.3) is 0 Å². The third kappa shape index (κ3) is 5.37. The Morgan fingerprint density at radius 2 is 1.60 bits per heavy atom. The molecule has 1 aliphatic heterocycles. The van der Waals surface area contributed by atoms with Crippen LogP contribution in [0.2, 0.25) is 0 Å². The van der Waals surface area contributed by atoms with E-state index in [1.165, 1.54) is 58.2 Å². The van der Waals surface area contributed by atoms with Crippen molar-refractivity contribution in [3.63, 3.8) is 0 Å². The van der Waals surface area contributed by atoms with Gasteiger partial charge in [0.2, 0.25) is 0 Å². The SMILES string of the molecule is CCCC(CNCC(C)C)N1CCC(CC)(CC)CC1. The molecule has 1 unspecified atom stereocenters. The summed E-state index contributed by atoms with van der Waals surface area (Å²) in [7, 11) is 0. The van der Waals surface area contributed by atoms with E-state index >= 15 is 0 Å². The molecule has 0 aromatic carbocycles. The standard InChI is InChI=1S/C18H38N2/c1-6-9-17(15-19-14-16(4)5)20-12-10-18(7-2,8-3)11-13-20/h16-17,19H,6-15H2,1-5H3. The molecule has 0 radical (unpaired) electrons. The first-order chi connectivity index (χ1) is 9.56. The van der Waals surface area contributed by atoms with E-state index in [0.717, 1.165) is 18.5 Å². The maximum atomic E-state index is 3.67. The average Bonchev–Trinajstić information content (AvgIpc) is 2.46. The fourth-order valence-electron chi connectivity index (χ4n) is 3.61. The van der Waals surface area contributed by atoms with E-state index in [9.17, 15) is 0 Å². The van der Waals surface area contributed by atoms with Gasteiger partial charge in [-0.2, -0.15) is 0 Å². The molecule has 0 spiro atoms. The van der Waals surface area contributed by atoms with Crippen LogP contribution in [-0.2, 0) is 0 Å². The normalized spacial score (nSPS) is 21.3. The molecule has 120 valence electrons. The second kappa shape index (κ2) is 9.04. The number of nitrogens with one attached hydrogen (secondary N) is 1. The van der Waals surface area contributed by atoms with Crippen LogP contribution in [-0.4, -0.2) is 37.1 Å². The maximum Gasteiger partial charge on any atom is 0.0220 e. The molecule has 20 heavy (non-hydrogen) atoms. The fourth-order valence-corrected chi connectivity index (χ4v) is 3.61. The summed E-state index contributed by atoms with van der Waals surface area (Å²) in [6.07, 6.45) is 8.19. The number of rotatable bonds is 9. The Balaban J connectivity index is 2.44. The Bertz CT molecular complexity index is 236. The second-order valence-electron chi connectivity index (χ2n) is 7.24. The van der Waals surface area contributed by atoms with E-state index in [0.29, 0.717) is 5.41 Å². The molecule has 1 saturated heterocycles. The lowest BCUT2D eigenvalue weighted by molar-refractivity contribution is 0.0624. The largest absolute Gasteiger partial charge is 0.315 e. The molecule has 0 saturated carbocycles. The van der Waals surface area contributed by atoms with Gasteiger partial charge in [-0.3, -0.25) is 4.90 Å². The van der Waals surface area contributed by atoms with Crippen molar-refractivity contribution in [2.75, 3.05) is 26.2 Å². The fraction of sp³-hybridized carbons (Fsp3) is 1.00. The smallest absolute Gasteiger partial charge is 0.0220 e. The topological polar surface area (TPSA) is 15.3 Å². The molecule has 1 aliphatic rings. The number of hydrogen-bond acceptors (Lipinski definition) is 2.